The highest BCUT2D eigenvalue weighted by atomic mass is 16.5. The largest absolute Gasteiger partial charge is 0.381 e. The van der Waals surface area contributed by atoms with Crippen LogP contribution in [0.1, 0.15) is 19.8 Å². The fourth-order valence-corrected chi connectivity index (χ4v) is 3.32. The number of nitrogens with one attached hydrogen (secondary N) is 1. The highest BCUT2D eigenvalue weighted by Crippen LogP contribution is 2.16. The van der Waals surface area contributed by atoms with E-state index in [0.717, 1.165) is 84.5 Å². The molecule has 0 aromatic rings. The van der Waals surface area contributed by atoms with Gasteiger partial charge in [0.25, 0.3) is 0 Å². The molecule has 2 aliphatic rings. The summed E-state index contributed by atoms with van der Waals surface area (Å²) in [5.41, 5.74) is 0. The molecule has 0 aliphatic carbocycles. The lowest BCUT2D eigenvalue weighted by atomic mass is 10.1. The fourth-order valence-electron chi connectivity index (χ4n) is 3.32. The summed E-state index contributed by atoms with van der Waals surface area (Å²) in [4.78, 5) is 22.8. The molecular weight excluding hydrogens is 346 g/mol. The fraction of sp³-hybridized carbons (Fsp3) is 0.895. The monoisotopic (exact) mass is 383 g/mol. The first-order chi connectivity index (χ1) is 13.1. The van der Waals surface area contributed by atoms with Crippen LogP contribution in [0.5, 0.6) is 0 Å². The van der Waals surface area contributed by atoms with E-state index < -0.39 is 0 Å². The van der Waals surface area contributed by atoms with Crippen molar-refractivity contribution in [2.24, 2.45) is 10.9 Å². The van der Waals surface area contributed by atoms with E-state index in [1.807, 2.05) is 6.92 Å². The van der Waals surface area contributed by atoms with Gasteiger partial charge in [0.1, 0.15) is 6.54 Å². The zero-order valence-electron chi connectivity index (χ0n) is 17.3. The standard InChI is InChI=1S/C19H37N5O3/c1-4-26-16-17-6-9-24(15-17)19(21-14-18(25)22(2)3)20-7-5-8-23-10-12-27-13-11-23/h17H,4-16H2,1-3H3,(H,20,21). The average molecular weight is 384 g/mol. The Balaban J connectivity index is 1.81. The molecular formula is C19H37N5O3. The Morgan fingerprint density at radius 2 is 2.07 bits per heavy atom. The molecule has 1 N–H and O–H groups in total. The SMILES string of the molecule is CCOCC1CCN(C(=NCC(=O)N(C)C)NCCCN2CCOCC2)C1. The molecule has 0 aromatic heterocycles. The number of morpholine rings is 1. The van der Waals surface area contributed by atoms with Crippen LogP contribution in [0.4, 0.5) is 0 Å². The molecule has 1 atom stereocenters. The number of carbonyl (C=O) groups excluding carboxylic acids is 1. The minimum atomic E-state index is 0.0210. The Hall–Kier alpha value is -1.38. The highest BCUT2D eigenvalue weighted by Gasteiger charge is 2.25. The number of hydrogen-bond donors (Lipinski definition) is 1. The highest BCUT2D eigenvalue weighted by molar-refractivity contribution is 5.85. The van der Waals surface area contributed by atoms with Gasteiger partial charge < -0.3 is 24.6 Å². The van der Waals surface area contributed by atoms with Gasteiger partial charge in [0.15, 0.2) is 5.96 Å². The van der Waals surface area contributed by atoms with Crippen LogP contribution in [0.25, 0.3) is 0 Å². The van der Waals surface area contributed by atoms with Gasteiger partial charge in [-0.1, -0.05) is 0 Å². The van der Waals surface area contributed by atoms with Crippen LogP contribution < -0.4 is 5.32 Å². The second-order valence-electron chi connectivity index (χ2n) is 7.42. The predicted octanol–water partition coefficient (Wildman–Crippen LogP) is 0.101. The van der Waals surface area contributed by atoms with Gasteiger partial charge in [-0.3, -0.25) is 9.69 Å². The molecule has 2 rings (SSSR count). The Morgan fingerprint density at radius 3 is 2.78 bits per heavy atom. The molecule has 2 aliphatic heterocycles. The van der Waals surface area contributed by atoms with Gasteiger partial charge in [-0.25, -0.2) is 4.99 Å². The van der Waals surface area contributed by atoms with Crippen LogP contribution in [0.15, 0.2) is 4.99 Å². The molecule has 0 aromatic carbocycles. The summed E-state index contributed by atoms with van der Waals surface area (Å²) in [5.74, 6) is 1.41. The molecule has 0 radical (unpaired) electrons. The predicted molar refractivity (Wildman–Crippen MR) is 107 cm³/mol. The van der Waals surface area contributed by atoms with E-state index in [0.29, 0.717) is 5.92 Å². The van der Waals surface area contributed by atoms with Crippen molar-refractivity contribution in [3.8, 4) is 0 Å². The van der Waals surface area contributed by atoms with Gasteiger partial charge >= 0.3 is 0 Å². The summed E-state index contributed by atoms with van der Waals surface area (Å²) in [6.45, 7) is 11.3. The molecule has 1 amide bonds. The molecule has 1 unspecified atom stereocenters. The number of aliphatic imine (C=N–C) groups is 1. The third kappa shape index (κ3) is 8.02. The number of guanidine groups is 1. The lowest BCUT2D eigenvalue weighted by molar-refractivity contribution is -0.127. The molecule has 0 bridgehead atoms. The van der Waals surface area contributed by atoms with Crippen LogP contribution >= 0.6 is 0 Å². The van der Waals surface area contributed by atoms with Crippen LogP contribution in [0, 0.1) is 5.92 Å². The molecule has 156 valence electrons. The number of likely N-dealkylation sites (N-methyl/N-ethyl adjacent to an activating group) is 1. The Labute approximate surface area is 163 Å². The van der Waals surface area contributed by atoms with Gasteiger partial charge in [0.05, 0.1) is 19.8 Å². The summed E-state index contributed by atoms with van der Waals surface area (Å²) in [7, 11) is 3.53. The van der Waals surface area contributed by atoms with Crippen molar-refractivity contribution in [3.63, 3.8) is 0 Å². The zero-order valence-corrected chi connectivity index (χ0v) is 17.3. The van der Waals surface area contributed by atoms with Crippen molar-refractivity contribution in [3.05, 3.63) is 0 Å². The van der Waals surface area contributed by atoms with E-state index in [2.05, 4.69) is 20.1 Å². The first-order valence-corrected chi connectivity index (χ1v) is 10.2. The third-order valence-electron chi connectivity index (χ3n) is 5.04. The van der Waals surface area contributed by atoms with E-state index >= 15 is 0 Å². The molecule has 0 saturated carbocycles. The Bertz CT molecular complexity index is 466. The minimum absolute atomic E-state index is 0.0210. The maximum atomic E-state index is 11.9. The van der Waals surface area contributed by atoms with Crippen LogP contribution in [0.3, 0.4) is 0 Å². The molecule has 27 heavy (non-hydrogen) atoms. The first-order valence-electron chi connectivity index (χ1n) is 10.2. The molecule has 2 heterocycles. The number of ether oxygens (including phenoxy) is 2. The number of amides is 1. The van der Waals surface area contributed by atoms with Gasteiger partial charge in [-0.2, -0.15) is 0 Å². The number of carbonyl (C=O) groups is 1. The van der Waals surface area contributed by atoms with E-state index in [1.54, 1.807) is 19.0 Å². The van der Waals surface area contributed by atoms with Crippen molar-refractivity contribution in [2.75, 3.05) is 86.3 Å². The van der Waals surface area contributed by atoms with Crippen molar-refractivity contribution in [2.45, 2.75) is 19.8 Å². The maximum Gasteiger partial charge on any atom is 0.243 e. The first kappa shape index (κ1) is 21.9. The lowest BCUT2D eigenvalue weighted by Gasteiger charge is -2.27. The lowest BCUT2D eigenvalue weighted by Crippen LogP contribution is -2.43. The van der Waals surface area contributed by atoms with Gasteiger partial charge in [-0.05, 0) is 26.3 Å². The summed E-state index contributed by atoms with van der Waals surface area (Å²) < 4.78 is 11.0. The normalized spacial score (nSPS) is 21.5. The van der Waals surface area contributed by atoms with Gasteiger partial charge in [-0.15, -0.1) is 0 Å². The van der Waals surface area contributed by atoms with Crippen molar-refractivity contribution < 1.29 is 14.3 Å². The number of rotatable bonds is 9. The van der Waals surface area contributed by atoms with E-state index in [1.165, 1.54) is 0 Å². The van der Waals surface area contributed by atoms with Gasteiger partial charge in [0, 0.05) is 59.3 Å². The minimum Gasteiger partial charge on any atom is -0.381 e. The Kier molecular flexibility index (Phi) is 9.86. The van der Waals surface area contributed by atoms with Crippen LogP contribution in [-0.2, 0) is 14.3 Å². The smallest absolute Gasteiger partial charge is 0.243 e. The molecule has 0 spiro atoms. The van der Waals surface area contributed by atoms with Crippen molar-refractivity contribution in [1.29, 1.82) is 0 Å². The van der Waals surface area contributed by atoms with Gasteiger partial charge in [0.2, 0.25) is 5.91 Å². The topological polar surface area (TPSA) is 69.6 Å². The number of hydrogen-bond acceptors (Lipinski definition) is 5. The second-order valence-corrected chi connectivity index (χ2v) is 7.42. The summed E-state index contributed by atoms with van der Waals surface area (Å²) in [5, 5.41) is 3.48. The molecule has 8 nitrogen and oxygen atoms in total. The van der Waals surface area contributed by atoms with Crippen LogP contribution in [0.2, 0.25) is 0 Å². The second kappa shape index (κ2) is 12.2. The zero-order chi connectivity index (χ0) is 19.5. The van der Waals surface area contributed by atoms with E-state index in [-0.39, 0.29) is 12.5 Å². The number of likely N-dealkylation sites (tertiary alicyclic amines) is 1. The number of nitrogens with zero attached hydrogens (tertiary/aromatic N) is 4. The van der Waals surface area contributed by atoms with E-state index in [4.69, 9.17) is 9.47 Å². The van der Waals surface area contributed by atoms with E-state index in [9.17, 15) is 4.79 Å². The summed E-state index contributed by atoms with van der Waals surface area (Å²) >= 11 is 0. The molecule has 8 heteroatoms. The molecule has 2 fully saturated rings. The van der Waals surface area contributed by atoms with Crippen molar-refractivity contribution in [1.82, 2.24) is 20.0 Å². The maximum absolute atomic E-state index is 11.9. The quantitative estimate of drug-likeness (QED) is 0.346. The molecule has 2 saturated heterocycles. The Morgan fingerprint density at radius 1 is 1.30 bits per heavy atom. The summed E-state index contributed by atoms with van der Waals surface area (Å²) in [6, 6.07) is 0. The van der Waals surface area contributed by atoms with Crippen LogP contribution in [-0.4, -0.2) is 113 Å². The summed E-state index contributed by atoms with van der Waals surface area (Å²) in [6.07, 6.45) is 2.16. The average Bonchev–Trinajstić information content (AvgIpc) is 3.15. The third-order valence-corrected chi connectivity index (χ3v) is 5.04. The van der Waals surface area contributed by atoms with Crippen molar-refractivity contribution >= 4 is 11.9 Å².